The zero-order chi connectivity index (χ0) is 17.8. The van der Waals surface area contributed by atoms with Crippen LogP contribution in [0, 0.1) is 6.92 Å². The fourth-order valence-electron chi connectivity index (χ4n) is 2.76. The number of piperazine rings is 1. The lowest BCUT2D eigenvalue weighted by Crippen LogP contribution is -2.48. The van der Waals surface area contributed by atoms with Crippen molar-refractivity contribution >= 4 is 29.0 Å². The maximum atomic E-state index is 12.5. The smallest absolute Gasteiger partial charge is 0.274 e. The topological polar surface area (TPSA) is 61.4 Å². The van der Waals surface area contributed by atoms with E-state index in [9.17, 15) is 4.79 Å². The molecule has 1 aromatic heterocycles. The van der Waals surface area contributed by atoms with Crippen LogP contribution in [0.5, 0.6) is 0 Å². The third kappa shape index (κ3) is 4.27. The van der Waals surface area contributed by atoms with Gasteiger partial charge in [-0.05, 0) is 43.3 Å². The van der Waals surface area contributed by atoms with Crippen LogP contribution < -0.4 is 5.32 Å². The number of anilines is 2. The maximum absolute atomic E-state index is 12.5. The highest BCUT2D eigenvalue weighted by Gasteiger charge is 2.22. The molecule has 6 nitrogen and oxygen atoms in total. The molecule has 3 rings (SSSR count). The molecule has 0 aliphatic carbocycles. The number of carbonyl (C=O) groups is 1. The van der Waals surface area contributed by atoms with Gasteiger partial charge in [0.1, 0.15) is 0 Å². The summed E-state index contributed by atoms with van der Waals surface area (Å²) in [6.07, 6.45) is 0. The minimum absolute atomic E-state index is 0.0619. The highest BCUT2D eigenvalue weighted by Crippen LogP contribution is 2.22. The van der Waals surface area contributed by atoms with Gasteiger partial charge in [0, 0.05) is 36.9 Å². The molecule has 0 saturated carbocycles. The fraction of sp³-hybridized carbons (Fsp3) is 0.389. The van der Waals surface area contributed by atoms with E-state index in [1.165, 1.54) is 0 Å². The van der Waals surface area contributed by atoms with E-state index in [0.29, 0.717) is 16.5 Å². The van der Waals surface area contributed by atoms with Gasteiger partial charge in [-0.2, -0.15) is 0 Å². The molecule has 25 heavy (non-hydrogen) atoms. The Morgan fingerprint density at radius 3 is 2.52 bits per heavy atom. The van der Waals surface area contributed by atoms with Crippen LogP contribution in [-0.2, 0) is 0 Å². The van der Waals surface area contributed by atoms with Gasteiger partial charge in [0.15, 0.2) is 11.5 Å². The minimum Gasteiger partial charge on any atom is -0.339 e. The van der Waals surface area contributed by atoms with E-state index < -0.39 is 0 Å². The number of amides is 1. The van der Waals surface area contributed by atoms with E-state index in [-0.39, 0.29) is 5.91 Å². The molecule has 1 aromatic carbocycles. The molecule has 0 unspecified atom stereocenters. The molecule has 0 spiro atoms. The van der Waals surface area contributed by atoms with Gasteiger partial charge >= 0.3 is 0 Å². The SMILES string of the molecule is CCN1CCN(C(=O)c2ccc(Nc3ccc(C)c(Cl)c3)nn2)CC1. The standard InChI is InChI=1S/C18H22ClN5O/c1-3-23-8-10-24(11-9-23)18(25)16-6-7-17(22-21-16)20-14-5-4-13(2)15(19)12-14/h4-7,12H,3,8-11H2,1-2H3,(H,20,22). The summed E-state index contributed by atoms with van der Waals surface area (Å²) in [6.45, 7) is 8.38. The zero-order valence-corrected chi connectivity index (χ0v) is 15.3. The van der Waals surface area contributed by atoms with Gasteiger partial charge in [-0.15, -0.1) is 10.2 Å². The van der Waals surface area contributed by atoms with Crippen LogP contribution in [0.2, 0.25) is 5.02 Å². The number of aryl methyl sites for hydroxylation is 1. The summed E-state index contributed by atoms with van der Waals surface area (Å²) < 4.78 is 0. The summed E-state index contributed by atoms with van der Waals surface area (Å²) in [5.41, 5.74) is 2.22. The lowest BCUT2D eigenvalue weighted by molar-refractivity contribution is 0.0636. The van der Waals surface area contributed by atoms with E-state index in [4.69, 9.17) is 11.6 Å². The Balaban J connectivity index is 1.63. The molecule has 2 heterocycles. The van der Waals surface area contributed by atoms with Gasteiger partial charge in [0.2, 0.25) is 0 Å². The Bertz CT molecular complexity index is 742. The van der Waals surface area contributed by atoms with Gasteiger partial charge in [0.25, 0.3) is 5.91 Å². The number of nitrogens with one attached hydrogen (secondary N) is 1. The van der Waals surface area contributed by atoms with Crippen molar-refractivity contribution in [3.05, 3.63) is 46.6 Å². The normalized spacial score (nSPS) is 15.2. The second-order valence-electron chi connectivity index (χ2n) is 6.12. The Kier molecular flexibility index (Phi) is 5.50. The van der Waals surface area contributed by atoms with Crippen LogP contribution in [-0.4, -0.2) is 58.6 Å². The van der Waals surface area contributed by atoms with Crippen LogP contribution in [0.4, 0.5) is 11.5 Å². The lowest BCUT2D eigenvalue weighted by atomic mass is 10.2. The quantitative estimate of drug-likeness (QED) is 0.909. The average molecular weight is 360 g/mol. The number of nitrogens with zero attached hydrogens (tertiary/aromatic N) is 4. The first-order chi connectivity index (χ1) is 12.1. The molecule has 132 valence electrons. The van der Waals surface area contributed by atoms with Crippen molar-refractivity contribution in [3.8, 4) is 0 Å². The van der Waals surface area contributed by atoms with Crippen molar-refractivity contribution in [1.29, 1.82) is 0 Å². The average Bonchev–Trinajstić information content (AvgIpc) is 2.65. The number of aromatic nitrogens is 2. The third-order valence-electron chi connectivity index (χ3n) is 4.43. The lowest BCUT2D eigenvalue weighted by Gasteiger charge is -2.33. The van der Waals surface area contributed by atoms with Crippen molar-refractivity contribution in [3.63, 3.8) is 0 Å². The van der Waals surface area contributed by atoms with Crippen LogP contribution in [0.25, 0.3) is 0 Å². The third-order valence-corrected chi connectivity index (χ3v) is 4.84. The molecule has 7 heteroatoms. The molecule has 1 N–H and O–H groups in total. The summed E-state index contributed by atoms with van der Waals surface area (Å²) in [4.78, 5) is 16.7. The van der Waals surface area contributed by atoms with Gasteiger partial charge in [0.05, 0.1) is 0 Å². The van der Waals surface area contributed by atoms with E-state index >= 15 is 0 Å². The van der Waals surface area contributed by atoms with Crippen molar-refractivity contribution < 1.29 is 4.79 Å². The summed E-state index contributed by atoms with van der Waals surface area (Å²) in [5.74, 6) is 0.514. The van der Waals surface area contributed by atoms with Gasteiger partial charge in [-0.1, -0.05) is 24.6 Å². The second-order valence-corrected chi connectivity index (χ2v) is 6.53. The van der Waals surface area contributed by atoms with Crippen LogP contribution in [0.3, 0.4) is 0 Å². The Labute approximate surface area is 152 Å². The number of benzene rings is 1. The molecule has 0 radical (unpaired) electrons. The Morgan fingerprint density at radius 2 is 1.92 bits per heavy atom. The predicted octanol–water partition coefficient (Wildman–Crippen LogP) is 2.96. The largest absolute Gasteiger partial charge is 0.339 e. The van der Waals surface area contributed by atoms with Gasteiger partial charge in [-0.25, -0.2) is 0 Å². The molecule has 0 bridgehead atoms. The second kappa shape index (κ2) is 7.80. The molecule has 1 aliphatic heterocycles. The number of halogens is 1. The molecule has 1 saturated heterocycles. The van der Waals surface area contributed by atoms with E-state index in [2.05, 4.69) is 27.3 Å². The van der Waals surface area contributed by atoms with Crippen molar-refractivity contribution in [2.45, 2.75) is 13.8 Å². The van der Waals surface area contributed by atoms with Gasteiger partial charge < -0.3 is 15.1 Å². The van der Waals surface area contributed by atoms with Crippen molar-refractivity contribution in [1.82, 2.24) is 20.0 Å². The minimum atomic E-state index is -0.0619. The molecule has 1 amide bonds. The first-order valence-electron chi connectivity index (χ1n) is 8.45. The first-order valence-corrected chi connectivity index (χ1v) is 8.83. The molecule has 0 atom stereocenters. The molecular formula is C18H22ClN5O. The van der Waals surface area contributed by atoms with E-state index in [1.54, 1.807) is 12.1 Å². The van der Waals surface area contributed by atoms with Crippen LogP contribution in [0.15, 0.2) is 30.3 Å². The number of hydrogen-bond acceptors (Lipinski definition) is 5. The zero-order valence-electron chi connectivity index (χ0n) is 14.5. The number of hydrogen-bond donors (Lipinski definition) is 1. The summed E-state index contributed by atoms with van der Waals surface area (Å²) in [6, 6.07) is 9.17. The number of likely N-dealkylation sites (N-methyl/N-ethyl adjacent to an activating group) is 1. The highest BCUT2D eigenvalue weighted by atomic mass is 35.5. The fourth-order valence-corrected chi connectivity index (χ4v) is 2.94. The van der Waals surface area contributed by atoms with E-state index in [1.807, 2.05) is 30.0 Å². The molecular weight excluding hydrogens is 338 g/mol. The molecule has 1 fully saturated rings. The monoisotopic (exact) mass is 359 g/mol. The van der Waals surface area contributed by atoms with E-state index in [0.717, 1.165) is 44.0 Å². The molecule has 1 aliphatic rings. The first kappa shape index (κ1) is 17.6. The summed E-state index contributed by atoms with van der Waals surface area (Å²) in [7, 11) is 0. The Hall–Kier alpha value is -2.18. The van der Waals surface area contributed by atoms with Crippen LogP contribution >= 0.6 is 11.6 Å². The highest BCUT2D eigenvalue weighted by molar-refractivity contribution is 6.31. The van der Waals surface area contributed by atoms with Crippen molar-refractivity contribution in [2.75, 3.05) is 38.0 Å². The summed E-state index contributed by atoms with van der Waals surface area (Å²) in [5, 5.41) is 12.0. The van der Waals surface area contributed by atoms with Crippen molar-refractivity contribution in [2.24, 2.45) is 0 Å². The Morgan fingerprint density at radius 1 is 1.16 bits per heavy atom. The molecule has 2 aromatic rings. The number of carbonyl (C=O) groups excluding carboxylic acids is 1. The van der Waals surface area contributed by atoms with Crippen LogP contribution in [0.1, 0.15) is 23.0 Å². The predicted molar refractivity (Wildman–Crippen MR) is 99.5 cm³/mol. The maximum Gasteiger partial charge on any atom is 0.274 e. The van der Waals surface area contributed by atoms with Gasteiger partial charge in [-0.3, -0.25) is 4.79 Å². The number of rotatable bonds is 4. The summed E-state index contributed by atoms with van der Waals surface area (Å²) >= 11 is 6.12.